The normalized spacial score (nSPS) is 15.6. The zero-order valence-corrected chi connectivity index (χ0v) is 11.3. The molecule has 0 radical (unpaired) electrons. The molecule has 0 spiro atoms. The molecule has 0 saturated heterocycles. The average molecular weight is 249 g/mol. The number of hydrogen-bond acceptors (Lipinski definition) is 1. The van der Waals surface area contributed by atoms with E-state index in [4.69, 9.17) is 0 Å². The molecule has 96 valence electrons. The number of rotatable bonds is 2. The molecule has 3 rings (SSSR count). The Morgan fingerprint density at radius 3 is 2.42 bits per heavy atom. The SMILES string of the molecule is Cc1cccc(C2=C(c3ccccc3)CCNC2)c1. The van der Waals surface area contributed by atoms with Gasteiger partial charge in [-0.1, -0.05) is 60.2 Å². The standard InChI is InChI=1S/C18H19N/c1-14-6-5-9-16(12-14)18-13-19-11-10-17(18)15-7-3-2-4-8-15/h2-9,12,19H,10-11,13H2,1H3. The van der Waals surface area contributed by atoms with E-state index in [0.29, 0.717) is 0 Å². The van der Waals surface area contributed by atoms with Crippen molar-refractivity contribution in [1.82, 2.24) is 5.32 Å². The molecule has 0 bridgehead atoms. The lowest BCUT2D eigenvalue weighted by molar-refractivity contribution is 0.749. The Morgan fingerprint density at radius 1 is 0.842 bits per heavy atom. The molecular formula is C18H19N. The lowest BCUT2D eigenvalue weighted by Crippen LogP contribution is -2.24. The van der Waals surface area contributed by atoms with Crippen molar-refractivity contribution in [3.8, 4) is 0 Å². The Kier molecular flexibility index (Phi) is 3.47. The summed E-state index contributed by atoms with van der Waals surface area (Å²) in [5.41, 5.74) is 6.97. The first-order valence-corrected chi connectivity index (χ1v) is 6.90. The molecule has 2 aromatic rings. The molecule has 0 amide bonds. The second-order valence-corrected chi connectivity index (χ2v) is 5.12. The summed E-state index contributed by atoms with van der Waals surface area (Å²) in [7, 11) is 0. The van der Waals surface area contributed by atoms with Crippen molar-refractivity contribution in [2.75, 3.05) is 13.1 Å². The summed E-state index contributed by atoms with van der Waals surface area (Å²) in [6.45, 7) is 4.19. The van der Waals surface area contributed by atoms with Gasteiger partial charge in [0.25, 0.3) is 0 Å². The summed E-state index contributed by atoms with van der Waals surface area (Å²) in [5, 5.41) is 3.49. The molecule has 0 saturated carbocycles. The molecule has 19 heavy (non-hydrogen) atoms. The third kappa shape index (κ3) is 2.61. The summed E-state index contributed by atoms with van der Waals surface area (Å²) in [5.74, 6) is 0. The maximum absolute atomic E-state index is 3.49. The van der Waals surface area contributed by atoms with Crippen LogP contribution in [0.5, 0.6) is 0 Å². The molecule has 0 aromatic heterocycles. The van der Waals surface area contributed by atoms with E-state index < -0.39 is 0 Å². The first kappa shape index (κ1) is 12.2. The highest BCUT2D eigenvalue weighted by Crippen LogP contribution is 2.30. The van der Waals surface area contributed by atoms with Crippen molar-refractivity contribution >= 4 is 11.1 Å². The van der Waals surface area contributed by atoms with E-state index in [2.05, 4.69) is 66.8 Å². The van der Waals surface area contributed by atoms with Crippen molar-refractivity contribution in [1.29, 1.82) is 0 Å². The van der Waals surface area contributed by atoms with Crippen molar-refractivity contribution in [2.24, 2.45) is 0 Å². The minimum absolute atomic E-state index is 0.966. The van der Waals surface area contributed by atoms with E-state index in [1.165, 1.54) is 27.8 Å². The minimum Gasteiger partial charge on any atom is -0.312 e. The van der Waals surface area contributed by atoms with Gasteiger partial charge in [0.15, 0.2) is 0 Å². The molecule has 1 heteroatoms. The predicted molar refractivity (Wildman–Crippen MR) is 81.9 cm³/mol. The van der Waals surface area contributed by atoms with E-state index in [1.807, 2.05) is 0 Å². The number of hydrogen-bond donors (Lipinski definition) is 1. The fourth-order valence-corrected chi connectivity index (χ4v) is 2.75. The highest BCUT2D eigenvalue weighted by molar-refractivity contribution is 5.92. The fourth-order valence-electron chi connectivity index (χ4n) is 2.75. The van der Waals surface area contributed by atoms with Gasteiger partial charge in [-0.3, -0.25) is 0 Å². The number of aryl methyl sites for hydroxylation is 1. The second kappa shape index (κ2) is 5.41. The molecule has 0 atom stereocenters. The average Bonchev–Trinajstić information content (AvgIpc) is 2.48. The van der Waals surface area contributed by atoms with E-state index in [-0.39, 0.29) is 0 Å². The van der Waals surface area contributed by atoms with Gasteiger partial charge < -0.3 is 5.32 Å². The van der Waals surface area contributed by atoms with Crippen LogP contribution >= 0.6 is 0 Å². The van der Waals surface area contributed by atoms with Crippen LogP contribution in [0, 0.1) is 6.92 Å². The van der Waals surface area contributed by atoms with Crippen LogP contribution in [-0.4, -0.2) is 13.1 Å². The molecule has 0 aliphatic carbocycles. The van der Waals surface area contributed by atoms with Crippen molar-refractivity contribution in [3.05, 3.63) is 71.3 Å². The monoisotopic (exact) mass is 249 g/mol. The Bertz CT molecular complexity index is 596. The van der Waals surface area contributed by atoms with Gasteiger partial charge in [-0.2, -0.15) is 0 Å². The molecule has 2 aromatic carbocycles. The van der Waals surface area contributed by atoms with Crippen molar-refractivity contribution in [3.63, 3.8) is 0 Å². The zero-order chi connectivity index (χ0) is 13.1. The van der Waals surface area contributed by atoms with Crippen LogP contribution in [0.4, 0.5) is 0 Å². The zero-order valence-electron chi connectivity index (χ0n) is 11.3. The van der Waals surface area contributed by atoms with Crippen molar-refractivity contribution < 1.29 is 0 Å². The van der Waals surface area contributed by atoms with Gasteiger partial charge in [-0.25, -0.2) is 0 Å². The second-order valence-electron chi connectivity index (χ2n) is 5.12. The summed E-state index contributed by atoms with van der Waals surface area (Å²) >= 11 is 0. The van der Waals surface area contributed by atoms with E-state index >= 15 is 0 Å². The third-order valence-corrected chi connectivity index (χ3v) is 3.71. The van der Waals surface area contributed by atoms with Gasteiger partial charge in [0, 0.05) is 6.54 Å². The predicted octanol–water partition coefficient (Wildman–Crippen LogP) is 3.90. The van der Waals surface area contributed by atoms with E-state index in [1.54, 1.807) is 0 Å². The summed E-state index contributed by atoms with van der Waals surface area (Å²) in [6.07, 6.45) is 1.10. The molecule has 1 heterocycles. The maximum atomic E-state index is 3.49. The topological polar surface area (TPSA) is 12.0 Å². The van der Waals surface area contributed by atoms with Gasteiger partial charge in [-0.15, -0.1) is 0 Å². The third-order valence-electron chi connectivity index (χ3n) is 3.71. The Hall–Kier alpha value is -1.86. The van der Waals surface area contributed by atoms with Crippen LogP contribution in [0.3, 0.4) is 0 Å². The lowest BCUT2D eigenvalue weighted by atomic mass is 9.90. The summed E-state index contributed by atoms with van der Waals surface area (Å²) in [6, 6.07) is 19.6. The smallest absolute Gasteiger partial charge is 0.0214 e. The van der Waals surface area contributed by atoms with Crippen LogP contribution in [0.2, 0.25) is 0 Å². The van der Waals surface area contributed by atoms with Gasteiger partial charge in [0.05, 0.1) is 0 Å². The quantitative estimate of drug-likeness (QED) is 0.851. The van der Waals surface area contributed by atoms with Gasteiger partial charge in [-0.05, 0) is 42.2 Å². The highest BCUT2D eigenvalue weighted by atomic mass is 14.9. The minimum atomic E-state index is 0.966. The van der Waals surface area contributed by atoms with Gasteiger partial charge >= 0.3 is 0 Å². The number of benzene rings is 2. The highest BCUT2D eigenvalue weighted by Gasteiger charge is 2.15. The van der Waals surface area contributed by atoms with Crippen LogP contribution < -0.4 is 5.32 Å². The van der Waals surface area contributed by atoms with Crippen LogP contribution in [-0.2, 0) is 0 Å². The molecule has 1 N–H and O–H groups in total. The van der Waals surface area contributed by atoms with Crippen molar-refractivity contribution in [2.45, 2.75) is 13.3 Å². The Morgan fingerprint density at radius 2 is 1.63 bits per heavy atom. The van der Waals surface area contributed by atoms with E-state index in [0.717, 1.165) is 19.5 Å². The van der Waals surface area contributed by atoms with Gasteiger partial charge in [0.2, 0.25) is 0 Å². The Balaban J connectivity index is 2.11. The molecular weight excluding hydrogens is 230 g/mol. The van der Waals surface area contributed by atoms with Crippen LogP contribution in [0.15, 0.2) is 54.6 Å². The summed E-state index contributed by atoms with van der Waals surface area (Å²) in [4.78, 5) is 0. The summed E-state index contributed by atoms with van der Waals surface area (Å²) < 4.78 is 0. The molecule has 1 aliphatic heterocycles. The van der Waals surface area contributed by atoms with Crippen LogP contribution in [0.25, 0.3) is 11.1 Å². The largest absolute Gasteiger partial charge is 0.312 e. The maximum Gasteiger partial charge on any atom is 0.0214 e. The fraction of sp³-hybridized carbons (Fsp3) is 0.222. The molecule has 0 unspecified atom stereocenters. The van der Waals surface area contributed by atoms with Crippen LogP contribution in [0.1, 0.15) is 23.1 Å². The molecule has 1 nitrogen and oxygen atoms in total. The van der Waals surface area contributed by atoms with E-state index in [9.17, 15) is 0 Å². The first-order chi connectivity index (χ1) is 9.34. The molecule has 1 aliphatic rings. The number of nitrogens with one attached hydrogen (secondary N) is 1. The van der Waals surface area contributed by atoms with Gasteiger partial charge in [0.1, 0.15) is 0 Å². The molecule has 0 fully saturated rings. The lowest BCUT2D eigenvalue weighted by Gasteiger charge is -2.22. The Labute approximate surface area is 115 Å². The first-order valence-electron chi connectivity index (χ1n) is 6.90.